The third-order valence-corrected chi connectivity index (χ3v) is 8.38. The average Bonchev–Trinajstić information content (AvgIpc) is 2.86. The monoisotopic (exact) mass is 483 g/mol. The highest BCUT2D eigenvalue weighted by molar-refractivity contribution is 6.11. The Morgan fingerprint density at radius 1 is 1.08 bits per heavy atom. The summed E-state index contributed by atoms with van der Waals surface area (Å²) in [5.74, 6) is 2.40. The van der Waals surface area contributed by atoms with E-state index in [2.05, 4.69) is 45.0 Å². The van der Waals surface area contributed by atoms with Gasteiger partial charge in [-0.05, 0) is 56.2 Å². The van der Waals surface area contributed by atoms with E-state index in [9.17, 15) is 4.79 Å². The lowest BCUT2D eigenvalue weighted by Crippen LogP contribution is -2.46. The van der Waals surface area contributed by atoms with Crippen LogP contribution in [-0.4, -0.2) is 40.7 Å². The number of carbonyl (C=O) groups excluding carboxylic acids is 1. The van der Waals surface area contributed by atoms with Crippen LogP contribution in [0.3, 0.4) is 0 Å². The Balaban J connectivity index is 1.59. The van der Waals surface area contributed by atoms with E-state index in [1.807, 2.05) is 18.2 Å². The van der Waals surface area contributed by atoms with Gasteiger partial charge in [0.05, 0.1) is 35.6 Å². The fourth-order valence-corrected chi connectivity index (χ4v) is 6.44. The third-order valence-electron chi connectivity index (χ3n) is 8.38. The first-order valence-corrected chi connectivity index (χ1v) is 12.9. The van der Waals surface area contributed by atoms with E-state index in [-0.39, 0.29) is 17.9 Å². The van der Waals surface area contributed by atoms with Crippen molar-refractivity contribution in [3.8, 4) is 5.75 Å². The number of aromatic nitrogens is 2. The first-order valence-electron chi connectivity index (χ1n) is 12.9. The highest BCUT2D eigenvalue weighted by atomic mass is 16.7. The molecule has 0 N–H and O–H groups in total. The van der Waals surface area contributed by atoms with Crippen molar-refractivity contribution in [2.75, 3.05) is 14.2 Å². The summed E-state index contributed by atoms with van der Waals surface area (Å²) < 4.78 is 6.83. The predicted molar refractivity (Wildman–Crippen MR) is 142 cm³/mol. The number of rotatable bonds is 3. The van der Waals surface area contributed by atoms with Gasteiger partial charge < -0.3 is 4.74 Å². The first kappa shape index (κ1) is 23.2. The Hall–Kier alpha value is -3.25. The molecule has 1 aromatic heterocycles. The number of carbonyl (C=O) groups is 1. The van der Waals surface area contributed by atoms with Gasteiger partial charge in [0.15, 0.2) is 0 Å². The van der Waals surface area contributed by atoms with E-state index in [1.54, 1.807) is 7.05 Å². The smallest absolute Gasteiger partial charge is 0.250 e. The van der Waals surface area contributed by atoms with Gasteiger partial charge in [-0.1, -0.05) is 43.7 Å². The van der Waals surface area contributed by atoms with Crippen molar-refractivity contribution in [3.63, 3.8) is 0 Å². The normalized spacial score (nSPS) is 22.8. The molecule has 2 aliphatic rings. The molecule has 1 saturated carbocycles. The molecule has 3 unspecified atom stereocenters. The second kappa shape index (κ2) is 8.41. The Bertz CT molecular complexity index is 1510. The van der Waals surface area contributed by atoms with Crippen LogP contribution in [-0.2, 0) is 16.1 Å². The van der Waals surface area contributed by atoms with Gasteiger partial charge in [0.2, 0.25) is 5.91 Å². The SMILES string of the molecule is CON(C)C(=O)Cc1ccc2nc3c4c(c5ccccc5c3nc2c1)OC(C)(C)C1CCC(C)CC41. The molecule has 4 aromatic rings. The molecule has 3 atom stereocenters. The van der Waals surface area contributed by atoms with E-state index in [0.717, 1.165) is 50.6 Å². The number of hydroxylamine groups is 2. The second-order valence-corrected chi connectivity index (χ2v) is 11.1. The van der Waals surface area contributed by atoms with Gasteiger partial charge in [-0.2, -0.15) is 0 Å². The number of amides is 1. The van der Waals surface area contributed by atoms with Crippen LogP contribution in [0, 0.1) is 11.8 Å². The van der Waals surface area contributed by atoms with Crippen molar-refractivity contribution in [1.29, 1.82) is 0 Å². The third kappa shape index (κ3) is 3.62. The lowest BCUT2D eigenvalue weighted by atomic mass is 9.64. The molecular weight excluding hydrogens is 450 g/mol. The van der Waals surface area contributed by atoms with Gasteiger partial charge in [-0.15, -0.1) is 0 Å². The summed E-state index contributed by atoms with van der Waals surface area (Å²) in [6.45, 7) is 6.86. The zero-order valence-electron chi connectivity index (χ0n) is 21.7. The van der Waals surface area contributed by atoms with Crippen LogP contribution in [0.4, 0.5) is 0 Å². The molecule has 6 heteroatoms. The quantitative estimate of drug-likeness (QED) is 0.198. The molecule has 186 valence electrons. The molecule has 0 bridgehead atoms. The fourth-order valence-electron chi connectivity index (χ4n) is 6.44. The number of hydrogen-bond acceptors (Lipinski definition) is 5. The van der Waals surface area contributed by atoms with Crippen LogP contribution >= 0.6 is 0 Å². The summed E-state index contributed by atoms with van der Waals surface area (Å²) in [4.78, 5) is 27.8. The Morgan fingerprint density at radius 3 is 2.61 bits per heavy atom. The van der Waals surface area contributed by atoms with E-state index in [4.69, 9.17) is 19.5 Å². The van der Waals surface area contributed by atoms with Crippen LogP contribution in [0.1, 0.15) is 57.1 Å². The van der Waals surface area contributed by atoms with Crippen LogP contribution in [0.15, 0.2) is 42.5 Å². The highest BCUT2D eigenvalue weighted by Gasteiger charge is 2.47. The summed E-state index contributed by atoms with van der Waals surface area (Å²) in [6.07, 6.45) is 3.80. The van der Waals surface area contributed by atoms with Gasteiger partial charge in [-0.25, -0.2) is 15.0 Å². The molecular formula is C30H33N3O3. The number of benzene rings is 3. The Kier molecular flexibility index (Phi) is 5.41. The van der Waals surface area contributed by atoms with E-state index < -0.39 is 0 Å². The summed E-state index contributed by atoms with van der Waals surface area (Å²) >= 11 is 0. The van der Waals surface area contributed by atoms with Crippen molar-refractivity contribution in [2.24, 2.45) is 11.8 Å². The van der Waals surface area contributed by atoms with Crippen LogP contribution in [0.2, 0.25) is 0 Å². The van der Waals surface area contributed by atoms with Crippen LogP contribution in [0.25, 0.3) is 32.8 Å². The second-order valence-electron chi connectivity index (χ2n) is 11.1. The zero-order chi connectivity index (χ0) is 25.2. The number of fused-ring (bicyclic) bond motifs is 9. The number of likely N-dealkylation sites (N-methyl/N-ethyl adjacent to an activating group) is 1. The lowest BCUT2D eigenvalue weighted by Gasteiger charge is -2.49. The predicted octanol–water partition coefficient (Wildman–Crippen LogP) is 6.19. The standard InChI is InChI=1S/C30H33N3O3/c1-17-10-12-22-21(14-17)26-28-27(19-8-6-7-9-20(19)29(26)36-30(22,2)3)32-24-15-18(11-13-23(24)31-28)16-25(34)33(4)35-5/h6-9,11,13,15,17,21-22H,10,12,14,16H2,1-5H3. The summed E-state index contributed by atoms with van der Waals surface area (Å²) in [5, 5.41) is 3.41. The fraction of sp³-hybridized carbons (Fsp3) is 0.433. The van der Waals surface area contributed by atoms with Gasteiger partial charge in [0.1, 0.15) is 11.4 Å². The highest BCUT2D eigenvalue weighted by Crippen LogP contribution is 2.56. The van der Waals surface area contributed by atoms with Gasteiger partial charge >= 0.3 is 0 Å². The maximum Gasteiger partial charge on any atom is 0.250 e. The number of nitrogens with zero attached hydrogens (tertiary/aromatic N) is 3. The summed E-state index contributed by atoms with van der Waals surface area (Å²) in [5.41, 5.74) is 5.39. The molecule has 6 rings (SSSR count). The largest absolute Gasteiger partial charge is 0.487 e. The molecule has 3 aromatic carbocycles. The number of hydrogen-bond donors (Lipinski definition) is 0. The maximum atomic E-state index is 12.4. The van der Waals surface area contributed by atoms with Gasteiger partial charge in [0.25, 0.3) is 0 Å². The van der Waals surface area contributed by atoms with Crippen LogP contribution in [0.5, 0.6) is 5.75 Å². The van der Waals surface area contributed by atoms with Crippen molar-refractivity contribution in [2.45, 2.75) is 58.0 Å². The van der Waals surface area contributed by atoms with Crippen molar-refractivity contribution in [1.82, 2.24) is 15.0 Å². The van der Waals surface area contributed by atoms with Crippen molar-refractivity contribution >= 4 is 38.7 Å². The molecule has 2 heterocycles. The van der Waals surface area contributed by atoms with Crippen molar-refractivity contribution < 1.29 is 14.4 Å². The van der Waals surface area contributed by atoms with Crippen LogP contribution < -0.4 is 4.74 Å². The molecule has 1 amide bonds. The maximum absolute atomic E-state index is 12.4. The number of ether oxygens (including phenoxy) is 1. The van der Waals surface area contributed by atoms with Gasteiger partial charge in [0, 0.05) is 29.3 Å². The topological polar surface area (TPSA) is 64.5 Å². The Labute approximate surface area is 211 Å². The molecule has 1 aliphatic carbocycles. The molecule has 36 heavy (non-hydrogen) atoms. The molecule has 0 spiro atoms. The summed E-state index contributed by atoms with van der Waals surface area (Å²) in [6, 6.07) is 14.3. The minimum Gasteiger partial charge on any atom is -0.487 e. The molecule has 1 fully saturated rings. The van der Waals surface area contributed by atoms with Crippen molar-refractivity contribution in [3.05, 3.63) is 53.6 Å². The molecule has 1 aliphatic heterocycles. The van der Waals surface area contributed by atoms with E-state index in [0.29, 0.717) is 17.8 Å². The Morgan fingerprint density at radius 2 is 1.83 bits per heavy atom. The molecule has 6 nitrogen and oxygen atoms in total. The molecule has 0 radical (unpaired) electrons. The average molecular weight is 484 g/mol. The minimum atomic E-state index is -0.227. The lowest BCUT2D eigenvalue weighted by molar-refractivity contribution is -0.167. The first-order chi connectivity index (χ1) is 17.3. The molecule has 0 saturated heterocycles. The van der Waals surface area contributed by atoms with E-state index >= 15 is 0 Å². The van der Waals surface area contributed by atoms with E-state index in [1.165, 1.54) is 30.6 Å². The summed E-state index contributed by atoms with van der Waals surface area (Å²) in [7, 11) is 3.11. The zero-order valence-corrected chi connectivity index (χ0v) is 21.7. The minimum absolute atomic E-state index is 0.109. The van der Waals surface area contributed by atoms with Gasteiger partial charge in [-0.3, -0.25) is 9.63 Å².